The van der Waals surface area contributed by atoms with Gasteiger partial charge in [-0.15, -0.1) is 0 Å². The van der Waals surface area contributed by atoms with Crippen molar-refractivity contribution in [2.24, 2.45) is 0 Å². The zero-order valence-electron chi connectivity index (χ0n) is 10.5. The highest BCUT2D eigenvalue weighted by atomic mass is 79.9. The minimum absolute atomic E-state index is 0.410. The third kappa shape index (κ3) is 5.17. The molecule has 1 rings (SSSR count). The highest BCUT2D eigenvalue weighted by molar-refractivity contribution is 9.10. The molecule has 0 atom stereocenters. The topological polar surface area (TPSA) is 51.2 Å². The number of aryl methyl sites for hydroxylation is 1. The van der Waals surface area contributed by atoms with E-state index in [9.17, 15) is 4.79 Å². The largest absolute Gasteiger partial charge is 0.444 e. The van der Waals surface area contributed by atoms with Gasteiger partial charge in [-0.3, -0.25) is 4.98 Å². The van der Waals surface area contributed by atoms with Gasteiger partial charge in [-0.05, 0) is 55.3 Å². The molecule has 0 aliphatic heterocycles. The molecule has 5 heteroatoms. The second-order valence-corrected chi connectivity index (χ2v) is 5.67. The molecule has 0 bridgehead atoms. The number of nitrogens with zero attached hydrogens (tertiary/aromatic N) is 1. The first kappa shape index (κ1) is 14.0. The Bertz CT molecular complexity index is 413. The summed E-state index contributed by atoms with van der Waals surface area (Å²) in [5.41, 5.74) is 1.38. The number of ether oxygens (including phenoxy) is 1. The van der Waals surface area contributed by atoms with E-state index in [0.29, 0.717) is 6.54 Å². The Morgan fingerprint density at radius 1 is 1.53 bits per heavy atom. The average molecular weight is 301 g/mol. The summed E-state index contributed by atoms with van der Waals surface area (Å²) in [6.07, 6.45) is 1.31. The molecule has 94 valence electrons. The van der Waals surface area contributed by atoms with Crippen LogP contribution >= 0.6 is 15.9 Å². The van der Waals surface area contributed by atoms with E-state index in [4.69, 9.17) is 4.74 Å². The molecule has 0 aliphatic carbocycles. The van der Waals surface area contributed by atoms with Gasteiger partial charge in [-0.1, -0.05) is 0 Å². The van der Waals surface area contributed by atoms with Gasteiger partial charge in [0.15, 0.2) is 0 Å². The number of hydrogen-bond donors (Lipinski definition) is 1. The van der Waals surface area contributed by atoms with E-state index < -0.39 is 11.7 Å². The second kappa shape index (κ2) is 5.49. The van der Waals surface area contributed by atoms with Crippen molar-refractivity contribution in [1.29, 1.82) is 0 Å². The molecule has 1 aromatic rings. The number of aromatic nitrogens is 1. The predicted octanol–water partition coefficient (Wildman–Crippen LogP) is 3.18. The number of amides is 1. The Labute approximate surface area is 110 Å². The normalized spacial score (nSPS) is 11.1. The van der Waals surface area contributed by atoms with Gasteiger partial charge in [-0.25, -0.2) is 4.79 Å². The number of rotatable bonds is 2. The molecule has 1 heterocycles. The van der Waals surface area contributed by atoms with Crippen LogP contribution in [0, 0.1) is 6.92 Å². The number of carbonyl (C=O) groups is 1. The number of pyridine rings is 1. The van der Waals surface area contributed by atoms with Crippen molar-refractivity contribution in [2.75, 3.05) is 0 Å². The first-order valence-corrected chi connectivity index (χ1v) is 6.15. The fourth-order valence-corrected chi connectivity index (χ4v) is 1.59. The monoisotopic (exact) mass is 300 g/mol. The molecule has 0 saturated carbocycles. The van der Waals surface area contributed by atoms with Crippen LogP contribution in [-0.2, 0) is 11.3 Å². The van der Waals surface area contributed by atoms with Gasteiger partial charge >= 0.3 is 6.09 Å². The lowest BCUT2D eigenvalue weighted by molar-refractivity contribution is 0.0523. The molecule has 0 fully saturated rings. The SMILES string of the molecule is Cc1ncc(Br)cc1CNC(=O)OC(C)(C)C. The highest BCUT2D eigenvalue weighted by Crippen LogP contribution is 2.13. The quantitative estimate of drug-likeness (QED) is 0.912. The molecule has 1 aromatic heterocycles. The van der Waals surface area contributed by atoms with Gasteiger partial charge in [0.05, 0.1) is 0 Å². The standard InChI is InChI=1S/C12H17BrN2O2/c1-8-9(5-10(13)7-14-8)6-15-11(16)17-12(2,3)4/h5,7H,6H2,1-4H3,(H,15,16). The molecular weight excluding hydrogens is 284 g/mol. The van der Waals surface area contributed by atoms with Crippen LogP contribution in [0.1, 0.15) is 32.0 Å². The van der Waals surface area contributed by atoms with Gasteiger partial charge in [0.2, 0.25) is 0 Å². The third-order valence-corrected chi connectivity index (χ3v) is 2.41. The maximum atomic E-state index is 11.5. The summed E-state index contributed by atoms with van der Waals surface area (Å²) >= 11 is 3.35. The number of alkyl carbamates (subject to hydrolysis) is 1. The molecular formula is C12H17BrN2O2. The molecule has 1 N–H and O–H groups in total. The fourth-order valence-electron chi connectivity index (χ4n) is 1.21. The van der Waals surface area contributed by atoms with E-state index in [-0.39, 0.29) is 0 Å². The molecule has 0 radical (unpaired) electrons. The van der Waals surface area contributed by atoms with Crippen LogP contribution in [-0.4, -0.2) is 16.7 Å². The van der Waals surface area contributed by atoms with Crippen molar-refractivity contribution in [3.05, 3.63) is 28.0 Å². The van der Waals surface area contributed by atoms with Gasteiger partial charge in [0.25, 0.3) is 0 Å². The van der Waals surface area contributed by atoms with E-state index in [0.717, 1.165) is 15.7 Å². The van der Waals surface area contributed by atoms with Gasteiger partial charge in [-0.2, -0.15) is 0 Å². The minimum Gasteiger partial charge on any atom is -0.444 e. The van der Waals surface area contributed by atoms with Crippen LogP contribution in [0.15, 0.2) is 16.7 Å². The van der Waals surface area contributed by atoms with Crippen molar-refractivity contribution in [3.8, 4) is 0 Å². The minimum atomic E-state index is -0.478. The maximum absolute atomic E-state index is 11.5. The van der Waals surface area contributed by atoms with Crippen molar-refractivity contribution in [3.63, 3.8) is 0 Å². The highest BCUT2D eigenvalue weighted by Gasteiger charge is 2.15. The van der Waals surface area contributed by atoms with E-state index in [1.54, 1.807) is 6.20 Å². The fraction of sp³-hybridized carbons (Fsp3) is 0.500. The molecule has 0 aromatic carbocycles. The summed E-state index contributed by atoms with van der Waals surface area (Å²) in [7, 11) is 0. The summed E-state index contributed by atoms with van der Waals surface area (Å²) in [5.74, 6) is 0. The summed E-state index contributed by atoms with van der Waals surface area (Å²) in [6, 6.07) is 1.93. The number of hydrogen-bond acceptors (Lipinski definition) is 3. The Morgan fingerprint density at radius 3 is 2.76 bits per heavy atom. The Kier molecular flexibility index (Phi) is 4.51. The molecule has 0 unspecified atom stereocenters. The Hall–Kier alpha value is -1.10. The van der Waals surface area contributed by atoms with Crippen LogP contribution in [0.25, 0.3) is 0 Å². The van der Waals surface area contributed by atoms with Gasteiger partial charge in [0.1, 0.15) is 5.60 Å². The van der Waals surface area contributed by atoms with E-state index in [1.165, 1.54) is 0 Å². The van der Waals surface area contributed by atoms with Crippen LogP contribution in [0.5, 0.6) is 0 Å². The van der Waals surface area contributed by atoms with Crippen LogP contribution < -0.4 is 5.32 Å². The van der Waals surface area contributed by atoms with Crippen molar-refractivity contribution in [2.45, 2.75) is 39.8 Å². The molecule has 0 spiro atoms. The lowest BCUT2D eigenvalue weighted by Crippen LogP contribution is -2.32. The van der Waals surface area contributed by atoms with Crippen LogP contribution in [0.3, 0.4) is 0 Å². The molecule has 1 amide bonds. The van der Waals surface area contributed by atoms with E-state index >= 15 is 0 Å². The van der Waals surface area contributed by atoms with Gasteiger partial charge < -0.3 is 10.1 Å². The van der Waals surface area contributed by atoms with E-state index in [2.05, 4.69) is 26.2 Å². The third-order valence-electron chi connectivity index (χ3n) is 1.98. The first-order valence-electron chi connectivity index (χ1n) is 5.36. The summed E-state index contributed by atoms with van der Waals surface area (Å²) in [6.45, 7) is 7.81. The molecule has 17 heavy (non-hydrogen) atoms. The van der Waals surface area contributed by atoms with Gasteiger partial charge in [0, 0.05) is 22.9 Å². The summed E-state index contributed by atoms with van der Waals surface area (Å²) in [4.78, 5) is 15.7. The van der Waals surface area contributed by atoms with Crippen molar-refractivity contribution >= 4 is 22.0 Å². The molecule has 4 nitrogen and oxygen atoms in total. The van der Waals surface area contributed by atoms with Crippen LogP contribution in [0.4, 0.5) is 4.79 Å². The smallest absolute Gasteiger partial charge is 0.407 e. The zero-order chi connectivity index (χ0) is 13.1. The molecule has 0 aliphatic rings. The molecule has 0 saturated heterocycles. The Morgan fingerprint density at radius 2 is 2.18 bits per heavy atom. The Balaban J connectivity index is 2.56. The maximum Gasteiger partial charge on any atom is 0.407 e. The number of carbonyl (C=O) groups excluding carboxylic acids is 1. The second-order valence-electron chi connectivity index (χ2n) is 4.75. The van der Waals surface area contributed by atoms with Crippen LogP contribution in [0.2, 0.25) is 0 Å². The lowest BCUT2D eigenvalue weighted by Gasteiger charge is -2.19. The average Bonchev–Trinajstić information content (AvgIpc) is 2.17. The number of nitrogens with one attached hydrogen (secondary N) is 1. The summed E-state index contributed by atoms with van der Waals surface area (Å²) < 4.78 is 6.04. The predicted molar refractivity (Wildman–Crippen MR) is 69.7 cm³/mol. The summed E-state index contributed by atoms with van der Waals surface area (Å²) in [5, 5.41) is 2.70. The van der Waals surface area contributed by atoms with Crippen molar-refractivity contribution in [1.82, 2.24) is 10.3 Å². The van der Waals surface area contributed by atoms with E-state index in [1.807, 2.05) is 33.8 Å². The number of halogens is 1. The van der Waals surface area contributed by atoms with Crippen molar-refractivity contribution < 1.29 is 9.53 Å². The zero-order valence-corrected chi connectivity index (χ0v) is 12.1. The first-order chi connectivity index (χ1) is 7.78. The lowest BCUT2D eigenvalue weighted by atomic mass is 10.2.